The molecule has 0 aliphatic heterocycles. The molecule has 0 saturated heterocycles. The van der Waals surface area contributed by atoms with Crippen molar-refractivity contribution in [1.29, 1.82) is 5.41 Å². The number of hydrogen-bond acceptors (Lipinski definition) is 4. The van der Waals surface area contributed by atoms with E-state index < -0.39 is 12.6 Å². The highest BCUT2D eigenvalue weighted by molar-refractivity contribution is 8.93. The summed E-state index contributed by atoms with van der Waals surface area (Å²) in [6, 6.07) is 24.9. The molecule has 1 heterocycles. The standard InChI is InChI=1S/C30H33N3O3.BrH/c1-20-7-11-22(12-8-20)17-25(19-36-28(35)18-34)32-26-5-3-4-6-27(26)33(30(32)31)29(24-15-16-24)23-13-9-21(2)10-14-23;/h3-14,24-25,29,31,34H,15-19H2,1-2H3;1H. The van der Waals surface area contributed by atoms with Crippen LogP contribution in [0, 0.1) is 25.2 Å². The molecule has 1 aliphatic carbocycles. The second kappa shape index (κ2) is 11.5. The van der Waals surface area contributed by atoms with Crippen LogP contribution in [-0.2, 0) is 16.0 Å². The molecule has 4 aromatic rings. The van der Waals surface area contributed by atoms with E-state index in [1.165, 1.54) is 16.7 Å². The molecule has 3 aromatic carbocycles. The molecule has 1 saturated carbocycles. The molecule has 0 radical (unpaired) electrons. The van der Waals surface area contributed by atoms with Crippen molar-refractivity contribution < 1.29 is 14.6 Å². The number of fused-ring (bicyclic) bond motifs is 1. The predicted molar refractivity (Wildman–Crippen MR) is 150 cm³/mol. The number of aliphatic hydroxyl groups is 1. The van der Waals surface area contributed by atoms with Crippen molar-refractivity contribution in [3.05, 3.63) is 101 Å². The average molecular weight is 565 g/mol. The number of imidazole rings is 1. The Morgan fingerprint density at radius 3 is 2.08 bits per heavy atom. The Labute approximate surface area is 227 Å². The molecule has 37 heavy (non-hydrogen) atoms. The molecule has 7 heteroatoms. The molecule has 6 nitrogen and oxygen atoms in total. The Kier molecular flexibility index (Phi) is 8.35. The Morgan fingerprint density at radius 2 is 1.51 bits per heavy atom. The summed E-state index contributed by atoms with van der Waals surface area (Å²) in [7, 11) is 0. The smallest absolute Gasteiger partial charge is 0.331 e. The largest absolute Gasteiger partial charge is 0.462 e. The summed E-state index contributed by atoms with van der Waals surface area (Å²) in [4.78, 5) is 11.9. The molecule has 1 aromatic heterocycles. The monoisotopic (exact) mass is 563 g/mol. The normalized spacial score (nSPS) is 14.7. The number of aryl methyl sites for hydroxylation is 2. The fraction of sp³-hybridized carbons (Fsp3) is 0.333. The lowest BCUT2D eigenvalue weighted by Crippen LogP contribution is -2.34. The van der Waals surface area contributed by atoms with Crippen molar-refractivity contribution in [2.24, 2.45) is 5.92 Å². The van der Waals surface area contributed by atoms with E-state index in [1.54, 1.807) is 0 Å². The van der Waals surface area contributed by atoms with Crippen LogP contribution in [0.3, 0.4) is 0 Å². The first-order chi connectivity index (χ1) is 17.5. The van der Waals surface area contributed by atoms with E-state index >= 15 is 0 Å². The van der Waals surface area contributed by atoms with Crippen molar-refractivity contribution in [3.8, 4) is 0 Å². The summed E-state index contributed by atoms with van der Waals surface area (Å²) in [5, 5.41) is 18.6. The van der Waals surface area contributed by atoms with Crippen LogP contribution in [0.25, 0.3) is 11.0 Å². The second-order valence-corrected chi connectivity index (χ2v) is 9.93. The van der Waals surface area contributed by atoms with E-state index in [-0.39, 0.29) is 35.7 Å². The topological polar surface area (TPSA) is 80.2 Å². The minimum Gasteiger partial charge on any atom is -0.462 e. The summed E-state index contributed by atoms with van der Waals surface area (Å²) in [6.45, 7) is 3.57. The van der Waals surface area contributed by atoms with Crippen molar-refractivity contribution in [1.82, 2.24) is 9.13 Å². The maximum absolute atomic E-state index is 11.9. The first-order valence-electron chi connectivity index (χ1n) is 12.6. The van der Waals surface area contributed by atoms with E-state index in [4.69, 9.17) is 4.74 Å². The number of carbonyl (C=O) groups is 1. The van der Waals surface area contributed by atoms with Gasteiger partial charge in [0, 0.05) is 0 Å². The molecule has 0 amide bonds. The number of carbonyl (C=O) groups excluding carboxylic acids is 1. The summed E-state index contributed by atoms with van der Waals surface area (Å²) in [6.07, 6.45) is 2.89. The van der Waals surface area contributed by atoms with Crippen molar-refractivity contribution >= 4 is 34.0 Å². The lowest BCUT2D eigenvalue weighted by molar-refractivity contribution is -0.148. The molecule has 1 aliphatic rings. The summed E-state index contributed by atoms with van der Waals surface area (Å²) in [5.74, 6) is -0.167. The Bertz CT molecular complexity index is 1420. The molecule has 0 spiro atoms. The number of nitrogens with zero attached hydrogens (tertiary/aromatic N) is 2. The second-order valence-electron chi connectivity index (χ2n) is 9.93. The maximum atomic E-state index is 11.9. The van der Waals surface area contributed by atoms with Crippen LogP contribution in [0.2, 0.25) is 0 Å². The molecule has 194 valence electrons. The molecule has 5 rings (SSSR count). The highest BCUT2D eigenvalue weighted by atomic mass is 79.9. The van der Waals surface area contributed by atoms with Crippen LogP contribution >= 0.6 is 17.0 Å². The number of aliphatic hydroxyl groups excluding tert-OH is 1. The van der Waals surface area contributed by atoms with Gasteiger partial charge in [-0.15, -0.1) is 17.0 Å². The number of hydrogen-bond donors (Lipinski definition) is 2. The molecule has 2 unspecified atom stereocenters. The van der Waals surface area contributed by atoms with Gasteiger partial charge in [-0.25, -0.2) is 4.79 Å². The molecule has 2 N–H and O–H groups in total. The number of halogens is 1. The highest BCUT2D eigenvalue weighted by Gasteiger charge is 2.36. The number of benzene rings is 3. The zero-order chi connectivity index (χ0) is 25.2. The SMILES string of the molecule is Br.Cc1ccc(CC(COC(=O)CO)n2c(=N)n(C(c3ccc(C)cc3)C3CC3)c3ccccc32)cc1. The van der Waals surface area contributed by atoms with E-state index in [0.29, 0.717) is 18.0 Å². The van der Waals surface area contributed by atoms with Gasteiger partial charge >= 0.3 is 5.97 Å². The van der Waals surface area contributed by atoms with Crippen LogP contribution < -0.4 is 5.62 Å². The minimum atomic E-state index is -0.658. The number of rotatable bonds is 9. The van der Waals surface area contributed by atoms with Gasteiger partial charge in [0.2, 0.25) is 5.62 Å². The lowest BCUT2D eigenvalue weighted by atomic mass is 10.0. The lowest BCUT2D eigenvalue weighted by Gasteiger charge is -2.22. The third-order valence-corrected chi connectivity index (χ3v) is 7.15. The molecular weight excluding hydrogens is 530 g/mol. The molecule has 1 fully saturated rings. The first-order valence-corrected chi connectivity index (χ1v) is 12.6. The van der Waals surface area contributed by atoms with Crippen molar-refractivity contribution in [2.75, 3.05) is 13.2 Å². The van der Waals surface area contributed by atoms with Gasteiger partial charge in [0.25, 0.3) is 0 Å². The molecule has 2 atom stereocenters. The van der Waals surface area contributed by atoms with Crippen molar-refractivity contribution in [3.63, 3.8) is 0 Å². The third kappa shape index (κ3) is 5.73. The van der Waals surface area contributed by atoms with Gasteiger partial charge in [-0.3, -0.25) is 5.41 Å². The van der Waals surface area contributed by atoms with Crippen LogP contribution in [0.1, 0.15) is 47.2 Å². The fourth-order valence-corrected chi connectivity index (χ4v) is 5.13. The predicted octanol–water partition coefficient (Wildman–Crippen LogP) is 5.44. The Hall–Kier alpha value is -3.16. The van der Waals surface area contributed by atoms with E-state index in [9.17, 15) is 15.3 Å². The van der Waals surface area contributed by atoms with E-state index in [0.717, 1.165) is 29.4 Å². The van der Waals surface area contributed by atoms with Gasteiger partial charge in [0.05, 0.1) is 23.1 Å². The van der Waals surface area contributed by atoms with Crippen molar-refractivity contribution in [2.45, 2.75) is 45.2 Å². The van der Waals surface area contributed by atoms with E-state index in [1.807, 2.05) is 22.8 Å². The van der Waals surface area contributed by atoms with Gasteiger partial charge in [-0.2, -0.15) is 0 Å². The summed E-state index contributed by atoms with van der Waals surface area (Å²) >= 11 is 0. The molecular formula is C30H34BrN3O3. The molecule has 0 bridgehead atoms. The van der Waals surface area contributed by atoms with Gasteiger partial charge in [0.15, 0.2) is 0 Å². The number of nitrogens with one attached hydrogen (secondary N) is 1. The summed E-state index contributed by atoms with van der Waals surface area (Å²) < 4.78 is 9.60. The quantitative estimate of drug-likeness (QED) is 0.266. The Morgan fingerprint density at radius 1 is 0.946 bits per heavy atom. The van der Waals surface area contributed by atoms with Gasteiger partial charge in [0.1, 0.15) is 13.2 Å². The summed E-state index contributed by atoms with van der Waals surface area (Å²) in [5.41, 5.74) is 7.05. The minimum absolute atomic E-state index is 0. The van der Waals surface area contributed by atoms with Crippen LogP contribution in [0.5, 0.6) is 0 Å². The number of ether oxygens (including phenoxy) is 1. The number of esters is 1. The van der Waals surface area contributed by atoms with Gasteiger partial charge in [-0.1, -0.05) is 71.8 Å². The van der Waals surface area contributed by atoms with E-state index in [2.05, 4.69) is 73.0 Å². The third-order valence-electron chi connectivity index (χ3n) is 7.15. The average Bonchev–Trinajstić information content (AvgIpc) is 3.68. The number of aromatic nitrogens is 2. The highest BCUT2D eigenvalue weighted by Crippen LogP contribution is 2.44. The first kappa shape index (κ1) is 26.9. The zero-order valence-corrected chi connectivity index (χ0v) is 23.0. The van der Waals surface area contributed by atoms with Crippen LogP contribution in [0.4, 0.5) is 0 Å². The Balaban J connectivity index is 0.00000320. The van der Waals surface area contributed by atoms with Crippen LogP contribution in [0.15, 0.2) is 72.8 Å². The van der Waals surface area contributed by atoms with Gasteiger partial charge < -0.3 is 19.0 Å². The maximum Gasteiger partial charge on any atom is 0.331 e. The van der Waals surface area contributed by atoms with Crippen LogP contribution in [-0.4, -0.2) is 33.4 Å². The van der Waals surface area contributed by atoms with Gasteiger partial charge in [-0.05, 0) is 62.3 Å². The fourth-order valence-electron chi connectivity index (χ4n) is 5.13. The number of para-hydroxylation sites is 2. The zero-order valence-electron chi connectivity index (χ0n) is 21.3.